The topological polar surface area (TPSA) is 237 Å². The quantitative estimate of drug-likeness (QED) is 0.0169. The highest BCUT2D eigenvalue weighted by Crippen LogP contribution is 2.45. The third-order valence-electron chi connectivity index (χ3n) is 15.8. The molecule has 19 heteroatoms. The predicted molar refractivity (Wildman–Crippen MR) is 417 cm³/mol. The van der Waals surface area contributed by atoms with Crippen molar-refractivity contribution in [2.45, 2.75) is 316 Å². The third-order valence-corrected chi connectivity index (χ3v) is 17.7. The van der Waals surface area contributed by atoms with Crippen LogP contribution in [0.1, 0.15) is 297 Å². The minimum absolute atomic E-state index is 0.0287. The van der Waals surface area contributed by atoms with Crippen LogP contribution in [0.2, 0.25) is 0 Å². The smallest absolute Gasteiger partial charge is 0.462 e. The summed E-state index contributed by atoms with van der Waals surface area (Å²) in [7, 11) is -9.99. The number of hydrogen-bond acceptors (Lipinski definition) is 15. The number of hydrogen-bond donors (Lipinski definition) is 3. The number of carbonyl (C=O) groups excluding carboxylic acids is 4. The van der Waals surface area contributed by atoms with Crippen LogP contribution in [-0.4, -0.2) is 96.7 Å². The number of unbranched alkanes of at least 4 members (excludes halogenated alkanes) is 22. The van der Waals surface area contributed by atoms with Crippen molar-refractivity contribution in [1.29, 1.82) is 0 Å². The van der Waals surface area contributed by atoms with Crippen LogP contribution >= 0.6 is 15.6 Å². The fraction of sp³-hybridized carbons (Fsp3) is 0.663. The molecule has 0 radical (unpaired) electrons. The summed E-state index contributed by atoms with van der Waals surface area (Å²) in [5, 5.41) is 10.6. The minimum Gasteiger partial charge on any atom is -0.462 e. The standard InChI is InChI=1S/C83H138O17P2/c1-5-9-13-17-21-25-29-33-36-37-38-39-42-45-48-52-56-60-64-68-81(86)94-73-78(99-82(87)69-65-61-57-53-49-43-32-28-24-20-16-12-8-4)75-97-101(89,90)95-71-77(84)72-96-102(91,92)98-76-79(100-83(88)70-66-62-58-54-50-46-41-35-31-27-23-19-15-11-7-3)74-93-80(85)67-63-59-55-51-47-44-40-34-30-26-22-18-14-10-6-2/h9-10,13-14,16,20-22,25-26,28,32-34,36,38-40,45,47-48,51,56,60,77-79,84H,5-8,11-12,15,17-19,23-24,27,29-31,35,37,41-44,46,49-50,52-55,57-59,61-76H2,1-4H3,(H,89,90)(H,91,92)/b13-9-,14-10-,20-16-,25-21-,26-22-,32-28-,36-33-,39-38-,40-34-,48-45-,51-47-,60-56-. The fourth-order valence-corrected chi connectivity index (χ4v) is 11.5. The van der Waals surface area contributed by atoms with E-state index in [4.69, 9.17) is 37.0 Å². The fourth-order valence-electron chi connectivity index (χ4n) is 9.92. The first-order chi connectivity index (χ1) is 49.7. The summed E-state index contributed by atoms with van der Waals surface area (Å²) in [6.45, 7) is 4.43. The van der Waals surface area contributed by atoms with E-state index in [1.165, 1.54) is 64.2 Å². The molecule has 0 spiro atoms. The zero-order valence-corrected chi connectivity index (χ0v) is 65.3. The van der Waals surface area contributed by atoms with E-state index in [1.54, 1.807) is 0 Å². The monoisotopic (exact) mass is 1470 g/mol. The van der Waals surface area contributed by atoms with Gasteiger partial charge >= 0.3 is 39.5 Å². The summed E-state index contributed by atoms with van der Waals surface area (Å²) in [6, 6.07) is 0. The zero-order chi connectivity index (χ0) is 74.6. The lowest BCUT2D eigenvalue weighted by Gasteiger charge is -2.21. The number of phosphoric ester groups is 2. The molecule has 0 fully saturated rings. The maximum Gasteiger partial charge on any atom is 0.472 e. The molecule has 0 heterocycles. The van der Waals surface area contributed by atoms with E-state index in [0.29, 0.717) is 32.1 Å². The van der Waals surface area contributed by atoms with Crippen LogP contribution < -0.4 is 0 Å². The summed E-state index contributed by atoms with van der Waals surface area (Å²) >= 11 is 0. The van der Waals surface area contributed by atoms with Gasteiger partial charge < -0.3 is 33.8 Å². The average molecular weight is 1470 g/mol. The van der Waals surface area contributed by atoms with Gasteiger partial charge in [-0.05, 0) is 128 Å². The van der Waals surface area contributed by atoms with Crippen molar-refractivity contribution in [2.24, 2.45) is 0 Å². The van der Waals surface area contributed by atoms with Gasteiger partial charge in [-0.2, -0.15) is 0 Å². The molecule has 0 aliphatic rings. The van der Waals surface area contributed by atoms with E-state index in [-0.39, 0.29) is 25.7 Å². The van der Waals surface area contributed by atoms with Gasteiger partial charge in [0.2, 0.25) is 0 Å². The molecule has 582 valence electrons. The molecule has 0 saturated heterocycles. The van der Waals surface area contributed by atoms with Gasteiger partial charge in [0.05, 0.1) is 26.4 Å². The summed E-state index contributed by atoms with van der Waals surface area (Å²) in [5.41, 5.74) is 0. The second-order valence-electron chi connectivity index (χ2n) is 25.5. The van der Waals surface area contributed by atoms with Gasteiger partial charge in [-0.25, -0.2) is 9.13 Å². The van der Waals surface area contributed by atoms with Crippen LogP contribution in [0, 0.1) is 0 Å². The van der Waals surface area contributed by atoms with Crippen LogP contribution in [0.5, 0.6) is 0 Å². The van der Waals surface area contributed by atoms with Gasteiger partial charge in [0, 0.05) is 25.7 Å². The second-order valence-corrected chi connectivity index (χ2v) is 28.4. The Kier molecular flexibility index (Phi) is 70.5. The minimum atomic E-state index is -5.00. The van der Waals surface area contributed by atoms with Crippen molar-refractivity contribution in [3.8, 4) is 0 Å². The summed E-state index contributed by atoms with van der Waals surface area (Å²) in [6.07, 6.45) is 84.3. The highest BCUT2D eigenvalue weighted by Gasteiger charge is 2.30. The number of allylic oxidation sites excluding steroid dienone is 24. The maximum absolute atomic E-state index is 13.1. The molecule has 0 aliphatic heterocycles. The molecule has 0 aromatic rings. The maximum atomic E-state index is 13.1. The van der Waals surface area contributed by atoms with Crippen molar-refractivity contribution >= 4 is 39.5 Å². The number of aliphatic hydroxyl groups excluding tert-OH is 1. The van der Waals surface area contributed by atoms with Crippen LogP contribution in [0.3, 0.4) is 0 Å². The number of carbonyl (C=O) groups is 4. The molecule has 0 amide bonds. The molecule has 0 bridgehead atoms. The van der Waals surface area contributed by atoms with E-state index >= 15 is 0 Å². The first-order valence-corrected chi connectivity index (χ1v) is 42.1. The molecule has 0 aliphatic carbocycles. The summed E-state index contributed by atoms with van der Waals surface area (Å²) < 4.78 is 68.4. The Balaban J connectivity index is 5.45. The number of rotatable bonds is 72. The number of esters is 4. The molecular weight excluding hydrogens is 1330 g/mol. The SMILES string of the molecule is CC/C=C\C/C=C\C/C=C\C/C=C\C/C=C\C/C=C\CCC(=O)OCC(COP(=O)(O)OCC(O)COP(=O)(O)OCC(COC(=O)CCCC/C=C\C/C=C\C/C=C\C/C=C\CC)OC(=O)CCCCCCCCCCCCCCCCC)OC(=O)CCCCCCC/C=C\C/C=C\CCC. The lowest BCUT2D eigenvalue weighted by atomic mass is 10.0. The van der Waals surface area contributed by atoms with E-state index in [9.17, 15) is 43.2 Å². The molecule has 0 rings (SSSR count). The highest BCUT2D eigenvalue weighted by atomic mass is 31.2. The number of ether oxygens (including phenoxy) is 4. The first kappa shape index (κ1) is 96.9. The average Bonchev–Trinajstić information content (AvgIpc) is 0.908. The molecule has 102 heavy (non-hydrogen) atoms. The van der Waals surface area contributed by atoms with Gasteiger partial charge in [-0.15, -0.1) is 0 Å². The van der Waals surface area contributed by atoms with Crippen LogP contribution in [0.15, 0.2) is 146 Å². The van der Waals surface area contributed by atoms with Crippen molar-refractivity contribution < 1.29 is 80.2 Å². The predicted octanol–water partition coefficient (Wildman–Crippen LogP) is 22.7. The Labute approximate surface area is 617 Å². The largest absolute Gasteiger partial charge is 0.472 e. The molecule has 17 nitrogen and oxygen atoms in total. The van der Waals surface area contributed by atoms with Gasteiger partial charge in [0.1, 0.15) is 19.3 Å². The van der Waals surface area contributed by atoms with Gasteiger partial charge in [-0.3, -0.25) is 37.3 Å². The van der Waals surface area contributed by atoms with E-state index in [2.05, 4.69) is 155 Å². The Bertz CT molecular complexity index is 2510. The van der Waals surface area contributed by atoms with Crippen LogP contribution in [0.25, 0.3) is 0 Å². The third kappa shape index (κ3) is 73.3. The summed E-state index contributed by atoms with van der Waals surface area (Å²) in [4.78, 5) is 72.9. The Morgan fingerprint density at radius 1 is 0.284 bits per heavy atom. The van der Waals surface area contributed by atoms with Crippen LogP contribution in [0.4, 0.5) is 0 Å². The van der Waals surface area contributed by atoms with Crippen molar-refractivity contribution in [3.63, 3.8) is 0 Å². The van der Waals surface area contributed by atoms with Gasteiger partial charge in [0.25, 0.3) is 0 Å². The normalized spacial score (nSPS) is 14.7. The molecule has 0 saturated carbocycles. The molecule has 3 N–H and O–H groups in total. The van der Waals surface area contributed by atoms with E-state index in [1.807, 2.05) is 18.2 Å². The Morgan fingerprint density at radius 3 is 0.902 bits per heavy atom. The lowest BCUT2D eigenvalue weighted by molar-refractivity contribution is -0.161. The van der Waals surface area contributed by atoms with Gasteiger partial charge in [0.15, 0.2) is 12.2 Å². The van der Waals surface area contributed by atoms with Crippen molar-refractivity contribution in [1.82, 2.24) is 0 Å². The zero-order valence-electron chi connectivity index (χ0n) is 63.5. The second kappa shape index (κ2) is 74.2. The Morgan fingerprint density at radius 2 is 0.549 bits per heavy atom. The molecule has 0 aromatic heterocycles. The number of aliphatic hydroxyl groups is 1. The first-order valence-electron chi connectivity index (χ1n) is 39.1. The van der Waals surface area contributed by atoms with Crippen molar-refractivity contribution in [2.75, 3.05) is 39.6 Å². The lowest BCUT2D eigenvalue weighted by Crippen LogP contribution is -2.30. The molecule has 5 unspecified atom stereocenters. The number of phosphoric acid groups is 2. The van der Waals surface area contributed by atoms with Crippen LogP contribution in [-0.2, 0) is 65.4 Å². The van der Waals surface area contributed by atoms with Crippen molar-refractivity contribution in [3.05, 3.63) is 146 Å². The van der Waals surface area contributed by atoms with E-state index in [0.717, 1.165) is 148 Å². The van der Waals surface area contributed by atoms with Gasteiger partial charge in [-0.1, -0.05) is 289 Å². The highest BCUT2D eigenvalue weighted by molar-refractivity contribution is 7.47. The summed E-state index contributed by atoms with van der Waals surface area (Å²) in [5.74, 6) is -2.34. The Hall–Kier alpha value is -5.06. The molecular formula is C83H138O17P2. The molecule has 0 aromatic carbocycles. The van der Waals surface area contributed by atoms with E-state index < -0.39 is 97.5 Å². The molecule has 5 atom stereocenters.